The third-order valence-electron chi connectivity index (χ3n) is 0.596. The fourth-order valence-electron chi connectivity index (χ4n) is 0.337. The van der Waals surface area contributed by atoms with Crippen molar-refractivity contribution < 1.29 is 10.0 Å². The second-order valence-corrected chi connectivity index (χ2v) is 1.55. The second-order valence-electron chi connectivity index (χ2n) is 1.55. The van der Waals surface area contributed by atoms with Crippen LogP contribution in [0.2, 0.25) is 0 Å². The molecule has 0 heterocycles. The summed E-state index contributed by atoms with van der Waals surface area (Å²) in [7, 11) is 0. The van der Waals surface area contributed by atoms with E-state index in [2.05, 4.69) is 0 Å². The average Bonchev–Trinajstić information content (AvgIpc) is 1.65. The fourth-order valence-corrected chi connectivity index (χ4v) is 0.337. The standard InChI is InChI=1S/C5H9NO2/c1-4(6-8)3-5(2)7/h3,6,8H,1-2H3/b4-3+. The van der Waals surface area contributed by atoms with E-state index in [1.165, 1.54) is 13.0 Å². The highest BCUT2D eigenvalue weighted by Crippen LogP contribution is 1.82. The zero-order valence-electron chi connectivity index (χ0n) is 4.93. The molecule has 0 bridgehead atoms. The molecule has 0 unspecified atom stereocenters. The molecule has 0 saturated heterocycles. The molecule has 0 aromatic rings. The second kappa shape index (κ2) is 3.21. The van der Waals surface area contributed by atoms with E-state index in [1.807, 2.05) is 5.48 Å². The monoisotopic (exact) mass is 115 g/mol. The van der Waals surface area contributed by atoms with Gasteiger partial charge in [0.05, 0.1) is 0 Å². The van der Waals surface area contributed by atoms with E-state index >= 15 is 0 Å². The van der Waals surface area contributed by atoms with Gasteiger partial charge in [-0.25, -0.2) is 0 Å². The van der Waals surface area contributed by atoms with Crippen LogP contribution in [-0.2, 0) is 4.79 Å². The molecule has 0 aromatic heterocycles. The van der Waals surface area contributed by atoms with Crippen LogP contribution in [0.3, 0.4) is 0 Å². The molecule has 0 aromatic carbocycles. The van der Waals surface area contributed by atoms with E-state index < -0.39 is 0 Å². The van der Waals surface area contributed by atoms with Crippen LogP contribution in [0.1, 0.15) is 13.8 Å². The quantitative estimate of drug-likeness (QED) is 0.406. The fraction of sp³-hybridized carbons (Fsp3) is 0.400. The summed E-state index contributed by atoms with van der Waals surface area (Å²) in [6.45, 7) is 3.02. The summed E-state index contributed by atoms with van der Waals surface area (Å²) in [6, 6.07) is 0. The molecule has 0 aliphatic heterocycles. The van der Waals surface area contributed by atoms with Crippen molar-refractivity contribution in [1.29, 1.82) is 0 Å². The van der Waals surface area contributed by atoms with Gasteiger partial charge >= 0.3 is 0 Å². The minimum Gasteiger partial charge on any atom is -0.295 e. The molecule has 3 nitrogen and oxygen atoms in total. The number of carbonyl (C=O) groups is 1. The highest BCUT2D eigenvalue weighted by molar-refractivity contribution is 5.87. The summed E-state index contributed by atoms with van der Waals surface area (Å²) >= 11 is 0. The Kier molecular flexibility index (Phi) is 2.88. The van der Waals surface area contributed by atoms with Gasteiger partial charge < -0.3 is 0 Å². The molecule has 46 valence electrons. The molecule has 0 fully saturated rings. The van der Waals surface area contributed by atoms with Crippen molar-refractivity contribution in [3.8, 4) is 0 Å². The van der Waals surface area contributed by atoms with Gasteiger partial charge in [0, 0.05) is 11.8 Å². The first-order valence-corrected chi connectivity index (χ1v) is 2.26. The molecule has 0 radical (unpaired) electrons. The van der Waals surface area contributed by atoms with E-state index in [0.29, 0.717) is 5.70 Å². The molecule has 0 rings (SSSR count). The lowest BCUT2D eigenvalue weighted by Gasteiger charge is -1.91. The Balaban J connectivity index is 3.75. The molecule has 0 aliphatic carbocycles. The number of hydrogen-bond donors (Lipinski definition) is 2. The maximum Gasteiger partial charge on any atom is 0.154 e. The predicted molar refractivity (Wildman–Crippen MR) is 29.4 cm³/mol. The molecule has 2 N–H and O–H groups in total. The molecule has 0 atom stereocenters. The van der Waals surface area contributed by atoms with Crippen LogP contribution in [0.5, 0.6) is 0 Å². The van der Waals surface area contributed by atoms with Crippen LogP contribution in [0.4, 0.5) is 0 Å². The van der Waals surface area contributed by atoms with Crippen molar-refractivity contribution >= 4 is 5.78 Å². The molecule has 3 heteroatoms. The molecule has 0 spiro atoms. The Morgan fingerprint density at radius 2 is 2.12 bits per heavy atom. The Morgan fingerprint density at radius 3 is 2.25 bits per heavy atom. The summed E-state index contributed by atoms with van der Waals surface area (Å²) in [5, 5.41) is 8.11. The smallest absolute Gasteiger partial charge is 0.154 e. The maximum atomic E-state index is 10.2. The molecule has 0 aliphatic rings. The predicted octanol–water partition coefficient (Wildman–Crippen LogP) is 0.458. The van der Waals surface area contributed by atoms with Gasteiger partial charge in [-0.1, -0.05) is 0 Å². The third-order valence-corrected chi connectivity index (χ3v) is 0.596. The zero-order valence-corrected chi connectivity index (χ0v) is 4.93. The Labute approximate surface area is 48.0 Å². The first kappa shape index (κ1) is 7.17. The first-order chi connectivity index (χ1) is 3.66. The first-order valence-electron chi connectivity index (χ1n) is 2.26. The van der Waals surface area contributed by atoms with E-state index in [9.17, 15) is 4.79 Å². The maximum absolute atomic E-state index is 10.2. The van der Waals surface area contributed by atoms with Gasteiger partial charge in [-0.3, -0.25) is 15.5 Å². The summed E-state index contributed by atoms with van der Waals surface area (Å²) in [6.07, 6.45) is 1.31. The van der Waals surface area contributed by atoms with E-state index in [0.717, 1.165) is 0 Å². The van der Waals surface area contributed by atoms with Crippen molar-refractivity contribution in [2.24, 2.45) is 0 Å². The van der Waals surface area contributed by atoms with Gasteiger partial charge in [-0.2, -0.15) is 0 Å². The number of carbonyl (C=O) groups excluding carboxylic acids is 1. The number of rotatable bonds is 2. The van der Waals surface area contributed by atoms with Gasteiger partial charge in [-0.15, -0.1) is 0 Å². The number of allylic oxidation sites excluding steroid dienone is 2. The van der Waals surface area contributed by atoms with Crippen LogP contribution in [0, 0.1) is 0 Å². The normalized spacial score (nSPS) is 11.1. The Bertz CT molecular complexity index is 118. The minimum absolute atomic E-state index is 0.0796. The van der Waals surface area contributed by atoms with Crippen molar-refractivity contribution in [2.75, 3.05) is 0 Å². The average molecular weight is 115 g/mol. The van der Waals surface area contributed by atoms with E-state index in [4.69, 9.17) is 5.21 Å². The lowest BCUT2D eigenvalue weighted by molar-refractivity contribution is -0.112. The molecule has 0 saturated carbocycles. The number of nitrogens with one attached hydrogen (secondary N) is 1. The topological polar surface area (TPSA) is 49.3 Å². The SMILES string of the molecule is CC(=O)/C=C(\C)NO. The van der Waals surface area contributed by atoms with E-state index in [1.54, 1.807) is 6.92 Å². The summed E-state index contributed by atoms with van der Waals surface area (Å²) in [4.78, 5) is 10.2. The van der Waals surface area contributed by atoms with E-state index in [-0.39, 0.29) is 5.78 Å². The lowest BCUT2D eigenvalue weighted by Crippen LogP contribution is -2.04. The Morgan fingerprint density at radius 1 is 1.62 bits per heavy atom. The highest BCUT2D eigenvalue weighted by atomic mass is 16.5. The van der Waals surface area contributed by atoms with Gasteiger partial charge in [0.25, 0.3) is 0 Å². The highest BCUT2D eigenvalue weighted by Gasteiger charge is 1.85. The van der Waals surface area contributed by atoms with Crippen LogP contribution in [-0.4, -0.2) is 11.0 Å². The minimum atomic E-state index is -0.0796. The van der Waals surface area contributed by atoms with Gasteiger partial charge in [0.2, 0.25) is 0 Å². The summed E-state index contributed by atoms with van der Waals surface area (Å²) in [5.74, 6) is -0.0796. The van der Waals surface area contributed by atoms with Crippen LogP contribution in [0.15, 0.2) is 11.8 Å². The summed E-state index contributed by atoms with van der Waals surface area (Å²) in [5.41, 5.74) is 2.29. The van der Waals surface area contributed by atoms with Crippen molar-refractivity contribution in [3.63, 3.8) is 0 Å². The van der Waals surface area contributed by atoms with Crippen LogP contribution in [0.25, 0.3) is 0 Å². The van der Waals surface area contributed by atoms with Gasteiger partial charge in [0.15, 0.2) is 5.78 Å². The molecule has 8 heavy (non-hydrogen) atoms. The van der Waals surface area contributed by atoms with Crippen LogP contribution >= 0.6 is 0 Å². The number of ketones is 1. The zero-order chi connectivity index (χ0) is 6.57. The Hall–Kier alpha value is -0.830. The van der Waals surface area contributed by atoms with Gasteiger partial charge in [-0.05, 0) is 13.8 Å². The van der Waals surface area contributed by atoms with Crippen molar-refractivity contribution in [2.45, 2.75) is 13.8 Å². The van der Waals surface area contributed by atoms with Crippen LogP contribution < -0.4 is 5.48 Å². The lowest BCUT2D eigenvalue weighted by atomic mass is 10.3. The van der Waals surface area contributed by atoms with Crippen molar-refractivity contribution in [3.05, 3.63) is 11.8 Å². The largest absolute Gasteiger partial charge is 0.295 e. The van der Waals surface area contributed by atoms with Gasteiger partial charge in [0.1, 0.15) is 0 Å². The van der Waals surface area contributed by atoms with Crippen molar-refractivity contribution in [1.82, 2.24) is 5.48 Å². The molecule has 0 amide bonds. The number of hydrogen-bond acceptors (Lipinski definition) is 3. The number of hydroxylamine groups is 1. The molecular formula is C5H9NO2. The molecular weight excluding hydrogens is 106 g/mol. The third kappa shape index (κ3) is 3.36. The summed E-state index contributed by atoms with van der Waals surface area (Å²) < 4.78 is 0.